The van der Waals surface area contributed by atoms with Gasteiger partial charge < -0.3 is 20.5 Å². The summed E-state index contributed by atoms with van der Waals surface area (Å²) in [7, 11) is 0. The lowest BCUT2D eigenvalue weighted by Gasteiger charge is -2.56. The third-order valence-electron chi connectivity index (χ3n) is 5.85. The topological polar surface area (TPSA) is 75.8 Å². The number of ether oxygens (including phenoxy) is 1. The standard InChI is InChI=1S/C18H28N2O3S.ClH/c1-3-13-12(2)24-11-14(13)17(22)20-7-4-18(5-8-20)15(21)10-16(18)23-9-6-19;/h11,15-16,21H,3-10,19H2,1-2H3;1H/t15-,16+;/m1./s1. The largest absolute Gasteiger partial charge is 0.392 e. The van der Waals surface area contributed by atoms with Crippen molar-refractivity contribution in [3.63, 3.8) is 0 Å². The number of hydrogen-bond donors (Lipinski definition) is 2. The molecule has 2 atom stereocenters. The van der Waals surface area contributed by atoms with E-state index < -0.39 is 0 Å². The molecule has 3 N–H and O–H groups in total. The fourth-order valence-electron chi connectivity index (χ4n) is 4.22. The molecule has 1 saturated heterocycles. The minimum absolute atomic E-state index is 0. The van der Waals surface area contributed by atoms with Gasteiger partial charge in [-0.25, -0.2) is 0 Å². The lowest BCUT2D eigenvalue weighted by Crippen LogP contribution is -2.63. The van der Waals surface area contributed by atoms with Crippen molar-refractivity contribution < 1.29 is 14.6 Å². The number of aryl methyl sites for hydroxylation is 1. The first-order valence-electron chi connectivity index (χ1n) is 8.89. The summed E-state index contributed by atoms with van der Waals surface area (Å²) < 4.78 is 5.82. The van der Waals surface area contributed by atoms with Crippen LogP contribution >= 0.6 is 23.7 Å². The molecule has 1 aromatic rings. The van der Waals surface area contributed by atoms with Crippen LogP contribution in [0.1, 0.15) is 47.0 Å². The van der Waals surface area contributed by atoms with E-state index in [4.69, 9.17) is 10.5 Å². The van der Waals surface area contributed by atoms with Crippen LogP contribution in [0, 0.1) is 12.3 Å². The molecule has 7 heteroatoms. The second-order valence-corrected chi connectivity index (χ2v) is 8.05. The first kappa shape index (κ1) is 20.6. The number of aliphatic hydroxyl groups excluding tert-OH is 1. The fourth-order valence-corrected chi connectivity index (χ4v) is 5.15. The molecule has 1 aliphatic heterocycles. The number of likely N-dealkylation sites (tertiary alicyclic amines) is 1. The van der Waals surface area contributed by atoms with E-state index >= 15 is 0 Å². The number of hydrogen-bond acceptors (Lipinski definition) is 5. The molecule has 2 fully saturated rings. The lowest BCUT2D eigenvalue weighted by atomic mass is 9.58. The number of nitrogens with zero attached hydrogens (tertiary/aromatic N) is 1. The summed E-state index contributed by atoms with van der Waals surface area (Å²) in [6, 6.07) is 0. The van der Waals surface area contributed by atoms with Crippen molar-refractivity contribution >= 4 is 29.7 Å². The molecule has 1 aromatic heterocycles. The van der Waals surface area contributed by atoms with Crippen molar-refractivity contribution in [1.82, 2.24) is 4.90 Å². The number of thiophene rings is 1. The molecule has 2 aliphatic rings. The average molecular weight is 389 g/mol. The van der Waals surface area contributed by atoms with Crippen molar-refractivity contribution in [2.45, 2.75) is 51.7 Å². The lowest BCUT2D eigenvalue weighted by molar-refractivity contribution is -0.207. The van der Waals surface area contributed by atoms with Gasteiger partial charge in [-0.1, -0.05) is 6.92 Å². The van der Waals surface area contributed by atoms with Crippen LogP contribution in [0.4, 0.5) is 0 Å². The predicted octanol–water partition coefficient (Wildman–Crippen LogP) is 2.37. The van der Waals surface area contributed by atoms with Gasteiger partial charge in [-0.15, -0.1) is 23.7 Å². The molecule has 2 heterocycles. The van der Waals surface area contributed by atoms with Crippen molar-refractivity contribution in [1.29, 1.82) is 0 Å². The molecule has 0 radical (unpaired) electrons. The molecule has 0 bridgehead atoms. The number of amides is 1. The molecule has 5 nitrogen and oxygen atoms in total. The maximum Gasteiger partial charge on any atom is 0.254 e. The first-order valence-corrected chi connectivity index (χ1v) is 9.77. The minimum Gasteiger partial charge on any atom is -0.392 e. The average Bonchev–Trinajstić information content (AvgIpc) is 2.98. The van der Waals surface area contributed by atoms with Crippen molar-refractivity contribution in [3.05, 3.63) is 21.4 Å². The number of aliphatic hydroxyl groups is 1. The van der Waals surface area contributed by atoms with Gasteiger partial charge in [0, 0.05) is 41.7 Å². The van der Waals surface area contributed by atoms with Gasteiger partial charge in [-0.05, 0) is 31.7 Å². The summed E-state index contributed by atoms with van der Waals surface area (Å²) in [5.41, 5.74) is 7.39. The molecule has 3 rings (SSSR count). The van der Waals surface area contributed by atoms with Crippen molar-refractivity contribution in [2.75, 3.05) is 26.2 Å². The summed E-state index contributed by atoms with van der Waals surface area (Å²) in [5, 5.41) is 12.3. The van der Waals surface area contributed by atoms with E-state index in [1.165, 1.54) is 10.4 Å². The van der Waals surface area contributed by atoms with Gasteiger partial charge in [0.25, 0.3) is 5.91 Å². The van der Waals surface area contributed by atoms with E-state index in [0.29, 0.717) is 32.7 Å². The number of piperidine rings is 1. The van der Waals surface area contributed by atoms with Crippen LogP contribution in [0.25, 0.3) is 0 Å². The predicted molar refractivity (Wildman–Crippen MR) is 103 cm³/mol. The fraction of sp³-hybridized carbons (Fsp3) is 0.722. The Kier molecular flexibility index (Phi) is 6.90. The normalized spacial score (nSPS) is 24.7. The highest BCUT2D eigenvalue weighted by Crippen LogP contribution is 2.51. The van der Waals surface area contributed by atoms with Crippen LogP contribution in [-0.2, 0) is 11.2 Å². The van der Waals surface area contributed by atoms with E-state index in [-0.39, 0.29) is 35.9 Å². The highest BCUT2D eigenvalue weighted by Gasteiger charge is 2.56. The number of carbonyl (C=O) groups is 1. The molecule has 1 amide bonds. The maximum atomic E-state index is 12.9. The number of carbonyl (C=O) groups excluding carboxylic acids is 1. The second-order valence-electron chi connectivity index (χ2n) is 6.96. The molecular formula is C18H29ClN2O3S. The van der Waals surface area contributed by atoms with E-state index in [2.05, 4.69) is 13.8 Å². The third-order valence-corrected chi connectivity index (χ3v) is 6.80. The van der Waals surface area contributed by atoms with Crippen LogP contribution in [-0.4, -0.2) is 54.4 Å². The molecule has 1 aliphatic carbocycles. The van der Waals surface area contributed by atoms with Crippen molar-refractivity contribution in [3.8, 4) is 0 Å². The quantitative estimate of drug-likeness (QED) is 0.811. The monoisotopic (exact) mass is 388 g/mol. The number of nitrogens with two attached hydrogens (primary N) is 1. The Balaban J connectivity index is 0.00000225. The molecule has 1 spiro atoms. The van der Waals surface area contributed by atoms with Crippen LogP contribution in [0.5, 0.6) is 0 Å². The second kappa shape index (κ2) is 8.35. The summed E-state index contributed by atoms with van der Waals surface area (Å²) in [5.74, 6) is 0.138. The Labute approximate surface area is 159 Å². The molecule has 0 aromatic carbocycles. The molecule has 25 heavy (non-hydrogen) atoms. The maximum absolute atomic E-state index is 12.9. The highest BCUT2D eigenvalue weighted by molar-refractivity contribution is 7.10. The minimum atomic E-state index is -0.313. The first-order chi connectivity index (χ1) is 11.5. The van der Waals surface area contributed by atoms with E-state index in [0.717, 1.165) is 24.8 Å². The van der Waals surface area contributed by atoms with E-state index in [9.17, 15) is 9.90 Å². The van der Waals surface area contributed by atoms with Gasteiger partial charge in [-0.2, -0.15) is 0 Å². The zero-order valence-electron chi connectivity index (χ0n) is 15.0. The van der Waals surface area contributed by atoms with E-state index in [1.54, 1.807) is 11.3 Å². The van der Waals surface area contributed by atoms with Crippen LogP contribution in [0.15, 0.2) is 5.38 Å². The summed E-state index contributed by atoms with van der Waals surface area (Å²) >= 11 is 1.65. The molecule has 0 unspecified atom stereocenters. The smallest absolute Gasteiger partial charge is 0.254 e. The number of halogens is 1. The van der Waals surface area contributed by atoms with Gasteiger partial charge in [0.15, 0.2) is 0 Å². The molecular weight excluding hydrogens is 360 g/mol. The van der Waals surface area contributed by atoms with Crippen LogP contribution in [0.3, 0.4) is 0 Å². The van der Waals surface area contributed by atoms with Gasteiger partial charge in [0.2, 0.25) is 0 Å². The third kappa shape index (κ3) is 3.60. The van der Waals surface area contributed by atoms with Crippen LogP contribution in [0.2, 0.25) is 0 Å². The van der Waals surface area contributed by atoms with Crippen LogP contribution < -0.4 is 5.73 Å². The van der Waals surface area contributed by atoms with Gasteiger partial charge in [-0.3, -0.25) is 4.79 Å². The van der Waals surface area contributed by atoms with E-state index in [1.807, 2.05) is 10.3 Å². The summed E-state index contributed by atoms with van der Waals surface area (Å²) in [4.78, 5) is 16.0. The van der Waals surface area contributed by atoms with Gasteiger partial charge in [0.05, 0.1) is 24.4 Å². The number of rotatable bonds is 5. The zero-order chi connectivity index (χ0) is 17.3. The summed E-state index contributed by atoms with van der Waals surface area (Å²) in [6.45, 7) is 6.60. The Morgan fingerprint density at radius 2 is 2.16 bits per heavy atom. The highest BCUT2D eigenvalue weighted by atomic mass is 35.5. The molecule has 142 valence electrons. The Bertz CT molecular complexity index is 599. The summed E-state index contributed by atoms with van der Waals surface area (Å²) in [6.07, 6.45) is 2.97. The SMILES string of the molecule is CCc1c(C(=O)N2CCC3(CC2)[C@H](O)C[C@@H]3OCCN)csc1C.Cl. The Morgan fingerprint density at radius 1 is 1.48 bits per heavy atom. The van der Waals surface area contributed by atoms with Gasteiger partial charge in [0.1, 0.15) is 0 Å². The Hall–Kier alpha value is -0.660. The zero-order valence-corrected chi connectivity index (χ0v) is 16.6. The Morgan fingerprint density at radius 3 is 2.72 bits per heavy atom. The van der Waals surface area contributed by atoms with Gasteiger partial charge >= 0.3 is 0 Å². The van der Waals surface area contributed by atoms with Crippen molar-refractivity contribution in [2.24, 2.45) is 11.1 Å². The molecule has 1 saturated carbocycles.